The van der Waals surface area contributed by atoms with Crippen molar-refractivity contribution >= 4 is 28.6 Å². The van der Waals surface area contributed by atoms with Crippen LogP contribution < -0.4 is 5.32 Å². The van der Waals surface area contributed by atoms with Crippen molar-refractivity contribution < 1.29 is 9.53 Å². The Morgan fingerprint density at radius 1 is 1.21 bits per heavy atom. The fourth-order valence-corrected chi connectivity index (χ4v) is 4.95. The number of thiazole rings is 1. The third-order valence-corrected chi connectivity index (χ3v) is 6.71. The number of amides is 1. The summed E-state index contributed by atoms with van der Waals surface area (Å²) < 4.78 is 5.43. The van der Waals surface area contributed by atoms with Crippen LogP contribution in [0.2, 0.25) is 0 Å². The molecule has 4 rings (SSSR count). The van der Waals surface area contributed by atoms with Crippen LogP contribution in [-0.4, -0.2) is 42.1 Å². The number of hydrogen-bond acceptors (Lipinski definition) is 6. The quantitative estimate of drug-likeness (QED) is 0.665. The fraction of sp³-hybridized carbons (Fsp3) is 0.333. The highest BCUT2D eigenvalue weighted by molar-refractivity contribution is 7.17. The molecule has 1 saturated heterocycles. The van der Waals surface area contributed by atoms with E-state index in [2.05, 4.69) is 38.8 Å². The second-order valence-corrected chi connectivity index (χ2v) is 8.56. The number of rotatable bonds is 6. The Morgan fingerprint density at radius 3 is 2.75 bits per heavy atom. The van der Waals surface area contributed by atoms with Crippen LogP contribution in [0.25, 0.3) is 10.6 Å². The Labute approximate surface area is 173 Å². The summed E-state index contributed by atoms with van der Waals surface area (Å²) in [7, 11) is 0. The Morgan fingerprint density at radius 2 is 2.00 bits per heavy atom. The number of nitrogens with one attached hydrogen (secondary N) is 1. The minimum absolute atomic E-state index is 0.0577. The summed E-state index contributed by atoms with van der Waals surface area (Å²) in [5.41, 5.74) is 4.27. The van der Waals surface area contributed by atoms with Crippen LogP contribution in [0.4, 0.5) is 0 Å². The van der Waals surface area contributed by atoms with E-state index in [-0.39, 0.29) is 5.91 Å². The highest BCUT2D eigenvalue weighted by Gasteiger charge is 2.17. The summed E-state index contributed by atoms with van der Waals surface area (Å²) >= 11 is 3.09. The number of hydrogen-bond donors (Lipinski definition) is 1. The summed E-state index contributed by atoms with van der Waals surface area (Å²) in [4.78, 5) is 20.4. The molecule has 1 N–H and O–H groups in total. The number of nitrogens with zero attached hydrogens (tertiary/aromatic N) is 2. The van der Waals surface area contributed by atoms with E-state index in [0.29, 0.717) is 11.4 Å². The van der Waals surface area contributed by atoms with Gasteiger partial charge in [-0.25, -0.2) is 4.98 Å². The molecule has 28 heavy (non-hydrogen) atoms. The number of aryl methyl sites for hydroxylation is 1. The van der Waals surface area contributed by atoms with Crippen molar-refractivity contribution in [2.75, 3.05) is 26.3 Å². The molecule has 2 aromatic heterocycles. The third kappa shape index (κ3) is 4.50. The Balaban J connectivity index is 1.42. The van der Waals surface area contributed by atoms with Gasteiger partial charge in [0.25, 0.3) is 5.91 Å². The number of carbonyl (C=O) groups excluding carboxylic acids is 1. The molecule has 0 spiro atoms. The first kappa shape index (κ1) is 19.3. The van der Waals surface area contributed by atoms with Gasteiger partial charge < -0.3 is 10.1 Å². The maximum atomic E-state index is 12.8. The molecule has 1 fully saturated rings. The van der Waals surface area contributed by atoms with Crippen LogP contribution in [-0.2, 0) is 17.8 Å². The van der Waals surface area contributed by atoms with E-state index in [1.54, 1.807) is 11.3 Å². The number of aromatic nitrogens is 1. The van der Waals surface area contributed by atoms with Gasteiger partial charge in [0.15, 0.2) is 0 Å². The lowest BCUT2D eigenvalue weighted by atomic mass is 10.1. The van der Waals surface area contributed by atoms with Crippen LogP contribution in [0.1, 0.15) is 26.5 Å². The lowest BCUT2D eigenvalue weighted by Crippen LogP contribution is -2.36. The predicted octanol–water partition coefficient (Wildman–Crippen LogP) is 3.94. The molecule has 146 valence electrons. The highest BCUT2D eigenvalue weighted by atomic mass is 32.1. The first-order chi connectivity index (χ1) is 13.7. The zero-order valence-corrected chi connectivity index (χ0v) is 17.4. The van der Waals surface area contributed by atoms with Gasteiger partial charge in [0.05, 0.1) is 18.9 Å². The molecule has 1 aliphatic heterocycles. The minimum Gasteiger partial charge on any atom is -0.379 e. The van der Waals surface area contributed by atoms with Gasteiger partial charge in [-0.15, -0.1) is 11.3 Å². The van der Waals surface area contributed by atoms with Gasteiger partial charge in [-0.2, -0.15) is 11.3 Å². The lowest BCUT2D eigenvalue weighted by Gasteiger charge is -2.27. The number of thiophene rings is 1. The molecule has 0 aliphatic carbocycles. The van der Waals surface area contributed by atoms with Gasteiger partial charge in [0, 0.05) is 37.1 Å². The van der Waals surface area contributed by atoms with E-state index in [9.17, 15) is 4.79 Å². The average molecular weight is 414 g/mol. The molecule has 0 bridgehead atoms. The van der Waals surface area contributed by atoms with E-state index >= 15 is 0 Å². The van der Waals surface area contributed by atoms with Gasteiger partial charge >= 0.3 is 0 Å². The largest absolute Gasteiger partial charge is 0.379 e. The zero-order chi connectivity index (χ0) is 19.3. The monoisotopic (exact) mass is 413 g/mol. The molecule has 1 amide bonds. The maximum Gasteiger partial charge on any atom is 0.263 e. The molecular formula is C21H23N3O2S2. The van der Waals surface area contributed by atoms with Gasteiger partial charge in [0.2, 0.25) is 0 Å². The lowest BCUT2D eigenvalue weighted by molar-refractivity contribution is 0.0340. The molecule has 5 nitrogen and oxygen atoms in total. The SMILES string of the molecule is Cc1nc(-c2ccsc2)sc1C(=O)NCc1ccccc1CN1CCOCC1. The molecule has 0 unspecified atom stereocenters. The van der Waals surface area contributed by atoms with Crippen molar-refractivity contribution in [2.24, 2.45) is 0 Å². The van der Waals surface area contributed by atoms with Crippen molar-refractivity contribution in [3.05, 3.63) is 62.8 Å². The number of carbonyl (C=O) groups is 1. The molecule has 1 aromatic carbocycles. The van der Waals surface area contributed by atoms with Crippen LogP contribution in [0.5, 0.6) is 0 Å². The summed E-state index contributed by atoms with van der Waals surface area (Å²) in [6.07, 6.45) is 0. The van der Waals surface area contributed by atoms with Crippen LogP contribution in [0.3, 0.4) is 0 Å². The van der Waals surface area contributed by atoms with Crippen molar-refractivity contribution in [2.45, 2.75) is 20.0 Å². The van der Waals surface area contributed by atoms with Gasteiger partial charge in [-0.05, 0) is 29.5 Å². The molecule has 1 aliphatic rings. The fourth-order valence-electron chi connectivity index (χ4n) is 3.26. The number of benzene rings is 1. The van der Waals surface area contributed by atoms with Crippen molar-refractivity contribution in [1.82, 2.24) is 15.2 Å². The van der Waals surface area contributed by atoms with E-state index < -0.39 is 0 Å². The Kier molecular flexibility index (Phi) is 6.17. The minimum atomic E-state index is -0.0577. The summed E-state index contributed by atoms with van der Waals surface area (Å²) in [6, 6.07) is 10.3. The van der Waals surface area contributed by atoms with Crippen LogP contribution in [0.15, 0.2) is 41.1 Å². The average Bonchev–Trinajstić information content (AvgIpc) is 3.37. The number of ether oxygens (including phenoxy) is 1. The van der Waals surface area contributed by atoms with E-state index in [4.69, 9.17) is 4.74 Å². The maximum absolute atomic E-state index is 12.8. The molecule has 3 aromatic rings. The van der Waals surface area contributed by atoms with Crippen molar-refractivity contribution in [3.63, 3.8) is 0 Å². The van der Waals surface area contributed by atoms with E-state index in [0.717, 1.165) is 54.7 Å². The summed E-state index contributed by atoms with van der Waals surface area (Å²) in [5, 5.41) is 8.07. The van der Waals surface area contributed by atoms with Crippen LogP contribution >= 0.6 is 22.7 Å². The second-order valence-electron chi connectivity index (χ2n) is 6.79. The van der Waals surface area contributed by atoms with Gasteiger partial charge in [-0.1, -0.05) is 24.3 Å². The molecule has 7 heteroatoms. The standard InChI is InChI=1S/C21H23N3O2S2/c1-15-19(28-21(23-15)18-6-11-27-14-18)20(25)22-12-16-4-2-3-5-17(16)13-24-7-9-26-10-8-24/h2-6,11,14H,7-10,12-13H2,1H3,(H,22,25). The molecule has 0 radical (unpaired) electrons. The highest BCUT2D eigenvalue weighted by Crippen LogP contribution is 2.29. The molecular weight excluding hydrogens is 390 g/mol. The molecule has 0 atom stereocenters. The zero-order valence-electron chi connectivity index (χ0n) is 15.8. The summed E-state index contributed by atoms with van der Waals surface area (Å²) in [5.74, 6) is -0.0577. The van der Waals surface area contributed by atoms with Crippen LogP contribution in [0, 0.1) is 6.92 Å². The first-order valence-corrected chi connectivity index (χ1v) is 11.1. The van der Waals surface area contributed by atoms with Crippen molar-refractivity contribution in [1.29, 1.82) is 0 Å². The van der Waals surface area contributed by atoms with Gasteiger partial charge in [-0.3, -0.25) is 9.69 Å². The topological polar surface area (TPSA) is 54.5 Å². The molecule has 0 saturated carbocycles. The first-order valence-electron chi connectivity index (χ1n) is 9.36. The van der Waals surface area contributed by atoms with E-state index in [1.165, 1.54) is 16.9 Å². The van der Waals surface area contributed by atoms with Crippen molar-refractivity contribution in [3.8, 4) is 10.6 Å². The third-order valence-electron chi connectivity index (χ3n) is 4.83. The van der Waals surface area contributed by atoms with Gasteiger partial charge in [0.1, 0.15) is 9.88 Å². The number of morpholine rings is 1. The predicted molar refractivity (Wildman–Crippen MR) is 114 cm³/mol. The smallest absolute Gasteiger partial charge is 0.263 e. The molecule has 3 heterocycles. The van der Waals surface area contributed by atoms with E-state index in [1.807, 2.05) is 24.4 Å². The second kappa shape index (κ2) is 8.96. The summed E-state index contributed by atoms with van der Waals surface area (Å²) in [6.45, 7) is 6.78. The Bertz CT molecular complexity index is 931. The normalized spacial score (nSPS) is 14.9. The Hall–Kier alpha value is -2.06.